The van der Waals surface area contributed by atoms with Gasteiger partial charge in [0.15, 0.2) is 0 Å². The number of morpholine rings is 1. The van der Waals surface area contributed by atoms with Crippen molar-refractivity contribution < 1.29 is 32.2 Å². The van der Waals surface area contributed by atoms with E-state index in [4.69, 9.17) is 9.47 Å². The van der Waals surface area contributed by atoms with Crippen LogP contribution >= 0.6 is 0 Å². The predicted molar refractivity (Wildman–Crippen MR) is 134 cm³/mol. The van der Waals surface area contributed by atoms with Crippen LogP contribution in [0.2, 0.25) is 0 Å². The summed E-state index contributed by atoms with van der Waals surface area (Å²) in [6, 6.07) is 4.76. The molecule has 0 unspecified atom stereocenters. The third-order valence-electron chi connectivity index (χ3n) is 6.41. The number of methoxy groups -OCH3 is 1. The van der Waals surface area contributed by atoms with Gasteiger partial charge in [0, 0.05) is 50.9 Å². The Labute approximate surface area is 218 Å². The summed E-state index contributed by atoms with van der Waals surface area (Å²) in [6.07, 6.45) is -1.14. The fourth-order valence-electron chi connectivity index (χ4n) is 4.36. The molecule has 1 aromatic heterocycles. The third kappa shape index (κ3) is 6.82. The first-order valence-electron chi connectivity index (χ1n) is 12.5. The second-order valence-corrected chi connectivity index (χ2v) is 9.02. The van der Waals surface area contributed by atoms with Crippen molar-refractivity contribution in [2.75, 3.05) is 63.7 Å². The van der Waals surface area contributed by atoms with Crippen molar-refractivity contribution in [3.05, 3.63) is 35.5 Å². The minimum atomic E-state index is -4.65. The van der Waals surface area contributed by atoms with Crippen LogP contribution in [-0.2, 0) is 15.7 Å². The standard InChI is InChI=1S/C25H31F3N6O4/c1-37-20-15-17(23(36)34-11-13-38-14-12-34)6-7-19(20)31-24-30-16-18(25(26,27)28)22(32-24)29-8-4-10-33-9-3-2-5-21(33)35/h6-7,15-16H,2-5,8-14H2,1H3,(H2,29,30,31,32). The number of amides is 2. The molecule has 2 fully saturated rings. The topological polar surface area (TPSA) is 109 Å². The molecule has 1 aromatic carbocycles. The SMILES string of the molecule is COc1cc(C(=O)N2CCOCC2)ccc1Nc1ncc(C(F)(F)F)c(NCCCN2CCCCC2=O)n1. The molecule has 2 N–H and O–H groups in total. The number of nitrogens with zero attached hydrogens (tertiary/aromatic N) is 4. The van der Waals surface area contributed by atoms with Gasteiger partial charge in [0.25, 0.3) is 5.91 Å². The Morgan fingerprint density at radius 3 is 2.68 bits per heavy atom. The fourth-order valence-corrected chi connectivity index (χ4v) is 4.36. The van der Waals surface area contributed by atoms with Crippen molar-refractivity contribution in [1.29, 1.82) is 0 Å². The molecule has 2 aromatic rings. The maximum absolute atomic E-state index is 13.6. The van der Waals surface area contributed by atoms with E-state index < -0.39 is 11.7 Å². The zero-order chi connectivity index (χ0) is 27.1. The average Bonchev–Trinajstić information content (AvgIpc) is 2.92. The first-order valence-corrected chi connectivity index (χ1v) is 12.5. The van der Waals surface area contributed by atoms with Gasteiger partial charge < -0.3 is 29.9 Å². The number of carbonyl (C=O) groups is 2. The number of likely N-dealkylation sites (tertiary alicyclic amines) is 1. The monoisotopic (exact) mass is 536 g/mol. The molecule has 4 rings (SSSR count). The van der Waals surface area contributed by atoms with E-state index >= 15 is 0 Å². The van der Waals surface area contributed by atoms with E-state index in [0.717, 1.165) is 12.8 Å². The molecule has 2 aliphatic heterocycles. The van der Waals surface area contributed by atoms with E-state index in [2.05, 4.69) is 20.6 Å². The van der Waals surface area contributed by atoms with Gasteiger partial charge in [0.05, 0.1) is 26.0 Å². The van der Waals surface area contributed by atoms with Crippen LogP contribution in [0.4, 0.5) is 30.6 Å². The molecule has 13 heteroatoms. The highest BCUT2D eigenvalue weighted by Crippen LogP contribution is 2.35. The molecular weight excluding hydrogens is 505 g/mol. The van der Waals surface area contributed by atoms with Gasteiger partial charge in [0.2, 0.25) is 11.9 Å². The van der Waals surface area contributed by atoms with E-state index in [1.54, 1.807) is 28.0 Å². The fraction of sp³-hybridized carbons (Fsp3) is 0.520. The number of hydrogen-bond donors (Lipinski definition) is 2. The van der Waals surface area contributed by atoms with E-state index in [1.807, 2.05) is 0 Å². The summed E-state index contributed by atoms with van der Waals surface area (Å²) in [5, 5.41) is 5.63. The Morgan fingerprint density at radius 1 is 1.18 bits per heavy atom. The quantitative estimate of drug-likeness (QED) is 0.469. The molecule has 0 bridgehead atoms. The highest BCUT2D eigenvalue weighted by molar-refractivity contribution is 5.95. The van der Waals surface area contributed by atoms with Gasteiger partial charge in [-0.05, 0) is 37.5 Å². The first-order chi connectivity index (χ1) is 18.3. The number of aromatic nitrogens is 2. The van der Waals surface area contributed by atoms with Crippen molar-refractivity contribution in [2.24, 2.45) is 0 Å². The maximum atomic E-state index is 13.6. The van der Waals surface area contributed by atoms with Crippen LogP contribution in [0, 0.1) is 0 Å². The molecule has 0 radical (unpaired) electrons. The normalized spacial score (nSPS) is 16.4. The summed E-state index contributed by atoms with van der Waals surface area (Å²) in [5.74, 6) is -0.210. The summed E-state index contributed by atoms with van der Waals surface area (Å²) in [5.41, 5.74) is -0.187. The molecule has 206 valence electrons. The summed E-state index contributed by atoms with van der Waals surface area (Å²) in [7, 11) is 1.43. The molecule has 2 saturated heterocycles. The zero-order valence-electron chi connectivity index (χ0n) is 21.1. The van der Waals surface area contributed by atoms with E-state index in [1.165, 1.54) is 7.11 Å². The molecule has 2 aliphatic rings. The lowest BCUT2D eigenvalue weighted by molar-refractivity contribution is -0.137. The van der Waals surface area contributed by atoms with Crippen LogP contribution in [0.5, 0.6) is 5.75 Å². The highest BCUT2D eigenvalue weighted by Gasteiger charge is 2.35. The first kappa shape index (κ1) is 27.4. The number of carbonyl (C=O) groups excluding carboxylic acids is 2. The third-order valence-corrected chi connectivity index (χ3v) is 6.41. The van der Waals surface area contributed by atoms with Crippen molar-refractivity contribution in [3.63, 3.8) is 0 Å². The minimum absolute atomic E-state index is 0.0720. The Balaban J connectivity index is 1.45. The number of benzene rings is 1. The number of rotatable bonds is 9. The lowest BCUT2D eigenvalue weighted by atomic mass is 10.1. The maximum Gasteiger partial charge on any atom is 0.421 e. The molecule has 3 heterocycles. The summed E-state index contributed by atoms with van der Waals surface area (Å²) >= 11 is 0. The number of halogens is 3. The summed E-state index contributed by atoms with van der Waals surface area (Å²) in [4.78, 5) is 36.1. The highest BCUT2D eigenvalue weighted by atomic mass is 19.4. The Bertz CT molecular complexity index is 1140. The number of nitrogens with one attached hydrogen (secondary N) is 2. The minimum Gasteiger partial charge on any atom is -0.495 e. The van der Waals surface area contributed by atoms with Crippen molar-refractivity contribution in [2.45, 2.75) is 31.9 Å². The summed E-state index contributed by atoms with van der Waals surface area (Å²) in [6.45, 7) is 3.27. The number of anilines is 3. The molecular formula is C25H31F3N6O4. The Morgan fingerprint density at radius 2 is 1.97 bits per heavy atom. The van der Waals surface area contributed by atoms with Crippen molar-refractivity contribution in [1.82, 2.24) is 19.8 Å². The van der Waals surface area contributed by atoms with E-state index in [9.17, 15) is 22.8 Å². The number of piperidine rings is 1. The van der Waals surface area contributed by atoms with Crippen LogP contribution in [0.3, 0.4) is 0 Å². The molecule has 10 nitrogen and oxygen atoms in total. The Kier molecular flexibility index (Phi) is 8.87. The van der Waals surface area contributed by atoms with Crippen molar-refractivity contribution in [3.8, 4) is 5.75 Å². The summed E-state index contributed by atoms with van der Waals surface area (Å²) < 4.78 is 51.5. The smallest absolute Gasteiger partial charge is 0.421 e. The van der Waals surface area contributed by atoms with Crippen LogP contribution in [0.1, 0.15) is 41.6 Å². The Hall–Kier alpha value is -3.61. The second-order valence-electron chi connectivity index (χ2n) is 9.02. The lowest BCUT2D eigenvalue weighted by Crippen LogP contribution is -2.40. The molecule has 38 heavy (non-hydrogen) atoms. The van der Waals surface area contributed by atoms with Crippen LogP contribution in [0.15, 0.2) is 24.4 Å². The zero-order valence-corrected chi connectivity index (χ0v) is 21.1. The van der Waals surface area contributed by atoms with Gasteiger partial charge >= 0.3 is 6.18 Å². The number of hydrogen-bond acceptors (Lipinski definition) is 8. The van der Waals surface area contributed by atoms with Crippen LogP contribution in [0.25, 0.3) is 0 Å². The van der Waals surface area contributed by atoms with E-state index in [-0.39, 0.29) is 30.1 Å². The van der Waals surface area contributed by atoms with Gasteiger partial charge in [-0.2, -0.15) is 18.2 Å². The number of ether oxygens (including phenoxy) is 2. The van der Waals surface area contributed by atoms with Crippen molar-refractivity contribution >= 4 is 29.3 Å². The molecule has 0 saturated carbocycles. The van der Waals surface area contributed by atoms with Gasteiger partial charge in [-0.3, -0.25) is 9.59 Å². The van der Waals surface area contributed by atoms with Crippen LogP contribution in [-0.4, -0.2) is 84.6 Å². The molecule has 2 amide bonds. The largest absolute Gasteiger partial charge is 0.495 e. The van der Waals surface area contributed by atoms with Gasteiger partial charge in [-0.1, -0.05) is 0 Å². The number of alkyl halides is 3. The molecule has 0 aliphatic carbocycles. The van der Waals surface area contributed by atoms with Crippen LogP contribution < -0.4 is 15.4 Å². The van der Waals surface area contributed by atoms with E-state index in [0.29, 0.717) is 75.4 Å². The van der Waals surface area contributed by atoms with Gasteiger partial charge in [-0.15, -0.1) is 0 Å². The molecule has 0 atom stereocenters. The van der Waals surface area contributed by atoms with Gasteiger partial charge in [0.1, 0.15) is 17.1 Å². The van der Waals surface area contributed by atoms with Gasteiger partial charge in [-0.25, -0.2) is 4.98 Å². The lowest BCUT2D eigenvalue weighted by Gasteiger charge is -2.27. The average molecular weight is 537 g/mol. The second kappa shape index (κ2) is 12.3. The molecule has 0 spiro atoms. The predicted octanol–water partition coefficient (Wildman–Crippen LogP) is 3.53.